The Morgan fingerprint density at radius 2 is 1.88 bits per heavy atom. The number of hydrogen-bond acceptors (Lipinski definition) is 3. The van der Waals surface area contributed by atoms with Gasteiger partial charge in [0.1, 0.15) is 0 Å². The average Bonchev–Trinajstić information content (AvgIpc) is 1.99. The van der Waals surface area contributed by atoms with Crippen molar-refractivity contribution in [3.8, 4) is 6.07 Å². The largest absolute Gasteiger partial charge is 0.359 e. The SMILES string of the molecule is CC(C)N(C(C)C)C(CC#N)NP(=O)(O)Cl. The van der Waals surface area contributed by atoms with Crippen molar-refractivity contribution in [1.29, 1.82) is 5.26 Å². The zero-order valence-electron chi connectivity index (χ0n) is 10.0. The summed E-state index contributed by atoms with van der Waals surface area (Å²) in [6, 6.07) is 2.28. The molecule has 0 aromatic rings. The lowest BCUT2D eigenvalue weighted by Crippen LogP contribution is -2.50. The van der Waals surface area contributed by atoms with Gasteiger partial charge in [-0.2, -0.15) is 5.26 Å². The van der Waals surface area contributed by atoms with Gasteiger partial charge in [0.2, 0.25) is 0 Å². The van der Waals surface area contributed by atoms with Gasteiger partial charge in [0.25, 0.3) is 0 Å². The van der Waals surface area contributed by atoms with Gasteiger partial charge in [-0.15, -0.1) is 0 Å². The number of halogens is 1. The third-order valence-corrected chi connectivity index (χ3v) is 3.05. The molecule has 7 heteroatoms. The molecule has 0 aliphatic rings. The highest BCUT2D eigenvalue weighted by Gasteiger charge is 2.28. The Balaban J connectivity index is 4.86. The molecule has 0 saturated carbocycles. The number of hydrogen-bond donors (Lipinski definition) is 2. The Morgan fingerprint density at radius 1 is 1.44 bits per heavy atom. The fourth-order valence-electron chi connectivity index (χ4n) is 1.80. The lowest BCUT2D eigenvalue weighted by atomic mass is 10.2. The first-order valence-corrected chi connectivity index (χ1v) is 7.70. The normalized spacial score (nSPS) is 17.5. The number of nitrogens with one attached hydrogen (secondary N) is 1. The van der Waals surface area contributed by atoms with Crippen LogP contribution in [-0.4, -0.2) is 28.0 Å². The van der Waals surface area contributed by atoms with Crippen LogP contribution < -0.4 is 5.09 Å². The molecule has 0 saturated heterocycles. The van der Waals surface area contributed by atoms with E-state index in [0.29, 0.717) is 0 Å². The molecule has 0 aromatic carbocycles. The molecule has 0 aliphatic carbocycles. The van der Waals surface area contributed by atoms with Gasteiger partial charge in [-0.05, 0) is 38.9 Å². The van der Waals surface area contributed by atoms with Gasteiger partial charge in [-0.25, -0.2) is 5.09 Å². The van der Waals surface area contributed by atoms with E-state index >= 15 is 0 Å². The minimum absolute atomic E-state index is 0.105. The van der Waals surface area contributed by atoms with E-state index in [2.05, 4.69) is 5.09 Å². The first-order valence-electron chi connectivity index (χ1n) is 5.13. The van der Waals surface area contributed by atoms with Crippen molar-refractivity contribution < 1.29 is 9.46 Å². The molecule has 2 unspecified atom stereocenters. The van der Waals surface area contributed by atoms with Crippen LogP contribution in [0.2, 0.25) is 0 Å². The summed E-state index contributed by atoms with van der Waals surface area (Å²) in [6.07, 6.45) is -0.411. The van der Waals surface area contributed by atoms with Gasteiger partial charge < -0.3 is 4.89 Å². The monoisotopic (exact) mass is 267 g/mol. The summed E-state index contributed by atoms with van der Waals surface area (Å²) in [5, 5.41) is 11.1. The lowest BCUT2D eigenvalue weighted by molar-refractivity contribution is 0.105. The number of nitriles is 1. The molecule has 0 spiro atoms. The summed E-state index contributed by atoms with van der Waals surface area (Å²) in [7, 11) is 0. The molecule has 0 aromatic heterocycles. The van der Waals surface area contributed by atoms with Crippen molar-refractivity contribution in [2.45, 2.75) is 52.4 Å². The van der Waals surface area contributed by atoms with E-state index in [-0.39, 0.29) is 18.5 Å². The lowest BCUT2D eigenvalue weighted by Gasteiger charge is -2.37. The van der Waals surface area contributed by atoms with Gasteiger partial charge in [0, 0.05) is 12.1 Å². The fraction of sp³-hybridized carbons (Fsp3) is 0.889. The smallest absolute Gasteiger partial charge is 0.322 e. The van der Waals surface area contributed by atoms with E-state index in [1.165, 1.54) is 0 Å². The van der Waals surface area contributed by atoms with Crippen molar-refractivity contribution in [1.82, 2.24) is 9.99 Å². The maximum atomic E-state index is 11.1. The summed E-state index contributed by atoms with van der Waals surface area (Å²) in [5.41, 5.74) is 0. The molecule has 94 valence electrons. The summed E-state index contributed by atoms with van der Waals surface area (Å²) in [6.45, 7) is 3.99. The minimum atomic E-state index is -3.86. The highest BCUT2D eigenvalue weighted by Crippen LogP contribution is 2.42. The van der Waals surface area contributed by atoms with Crippen molar-refractivity contribution in [3.63, 3.8) is 0 Å². The van der Waals surface area contributed by atoms with E-state index in [9.17, 15) is 4.57 Å². The Bertz CT molecular complexity index is 290. The Labute approximate surface area is 102 Å². The van der Waals surface area contributed by atoms with Crippen molar-refractivity contribution in [3.05, 3.63) is 0 Å². The van der Waals surface area contributed by atoms with E-state index < -0.39 is 13.0 Å². The minimum Gasteiger partial charge on any atom is -0.322 e. The summed E-state index contributed by atoms with van der Waals surface area (Å²) in [5.74, 6) is 0. The molecule has 0 amide bonds. The molecule has 2 N–H and O–H groups in total. The van der Waals surface area contributed by atoms with Crippen LogP contribution in [0.1, 0.15) is 34.1 Å². The summed E-state index contributed by atoms with van der Waals surface area (Å²) >= 11 is 5.28. The predicted molar refractivity (Wildman–Crippen MR) is 64.9 cm³/mol. The Morgan fingerprint density at radius 3 is 2.12 bits per heavy atom. The van der Waals surface area contributed by atoms with Crippen LogP contribution in [-0.2, 0) is 4.57 Å². The zero-order valence-corrected chi connectivity index (χ0v) is 11.7. The second kappa shape index (κ2) is 6.58. The Hall–Kier alpha value is -0.110. The highest BCUT2D eigenvalue weighted by atomic mass is 35.7. The van der Waals surface area contributed by atoms with Crippen LogP contribution in [0, 0.1) is 11.3 Å². The maximum Gasteiger partial charge on any atom is 0.359 e. The molecular formula is C9H19ClN3O2P. The number of rotatable bonds is 6. The average molecular weight is 268 g/mol. The first-order chi connectivity index (χ1) is 7.19. The maximum absolute atomic E-state index is 11.1. The molecule has 0 heterocycles. The molecule has 5 nitrogen and oxygen atoms in total. The fourth-order valence-corrected chi connectivity index (χ4v) is 2.73. The molecule has 2 atom stereocenters. The molecule has 16 heavy (non-hydrogen) atoms. The number of nitrogens with zero attached hydrogens (tertiary/aromatic N) is 2. The quantitative estimate of drug-likeness (QED) is 0.570. The highest BCUT2D eigenvalue weighted by molar-refractivity contribution is 7.82. The van der Waals surface area contributed by atoms with Gasteiger partial charge >= 0.3 is 6.87 Å². The van der Waals surface area contributed by atoms with Crippen molar-refractivity contribution in [2.24, 2.45) is 0 Å². The van der Waals surface area contributed by atoms with Gasteiger partial charge in [0.05, 0.1) is 18.7 Å². The third kappa shape index (κ3) is 5.83. The van der Waals surface area contributed by atoms with E-state index in [1.54, 1.807) is 0 Å². The van der Waals surface area contributed by atoms with Crippen molar-refractivity contribution in [2.75, 3.05) is 0 Å². The van der Waals surface area contributed by atoms with Crippen molar-refractivity contribution >= 4 is 18.1 Å². The van der Waals surface area contributed by atoms with E-state index in [4.69, 9.17) is 21.4 Å². The Kier molecular flexibility index (Phi) is 6.54. The predicted octanol–water partition coefficient (Wildman–Crippen LogP) is 2.27. The van der Waals surface area contributed by atoms with Crippen LogP contribution in [0.3, 0.4) is 0 Å². The first kappa shape index (κ1) is 15.9. The molecular weight excluding hydrogens is 249 g/mol. The van der Waals surface area contributed by atoms with Crippen LogP contribution in [0.25, 0.3) is 0 Å². The summed E-state index contributed by atoms with van der Waals surface area (Å²) in [4.78, 5) is 11.0. The van der Waals surface area contributed by atoms with Gasteiger partial charge in [-0.3, -0.25) is 9.46 Å². The van der Waals surface area contributed by atoms with E-state index in [1.807, 2.05) is 38.7 Å². The molecule has 0 fully saturated rings. The third-order valence-electron chi connectivity index (χ3n) is 2.15. The molecule has 0 radical (unpaired) electrons. The standard InChI is InChI=1S/C9H19ClN3O2P/c1-7(2)13(8(3)4)9(5-6-11)12-16(10,14)15/h7-9H,5H2,1-4H3,(H2,12,14,15). The van der Waals surface area contributed by atoms with Crippen LogP contribution in [0.5, 0.6) is 0 Å². The molecule has 0 rings (SSSR count). The van der Waals surface area contributed by atoms with Crippen LogP contribution >= 0.6 is 18.1 Å². The summed E-state index contributed by atoms with van der Waals surface area (Å²) < 4.78 is 11.1. The van der Waals surface area contributed by atoms with Crippen LogP contribution in [0.4, 0.5) is 0 Å². The van der Waals surface area contributed by atoms with Gasteiger partial charge in [0.15, 0.2) is 0 Å². The topological polar surface area (TPSA) is 76.4 Å². The second-order valence-corrected chi connectivity index (χ2v) is 6.78. The molecule has 0 aliphatic heterocycles. The second-order valence-electron chi connectivity index (χ2n) is 4.14. The zero-order chi connectivity index (χ0) is 12.9. The molecule has 0 bridgehead atoms. The van der Waals surface area contributed by atoms with Crippen LogP contribution in [0.15, 0.2) is 0 Å². The van der Waals surface area contributed by atoms with E-state index in [0.717, 1.165) is 0 Å². The van der Waals surface area contributed by atoms with Gasteiger partial charge in [-0.1, -0.05) is 0 Å².